The average Bonchev–Trinajstić information content (AvgIpc) is 2.18. The van der Waals surface area contributed by atoms with Gasteiger partial charge in [-0.1, -0.05) is 0 Å². The molecular weight excluding hydrogens is 180 g/mol. The van der Waals surface area contributed by atoms with Gasteiger partial charge in [-0.2, -0.15) is 0 Å². The molecule has 0 saturated carbocycles. The molecule has 0 aromatic rings. The van der Waals surface area contributed by atoms with Gasteiger partial charge in [0.05, 0.1) is 6.04 Å². The van der Waals surface area contributed by atoms with Gasteiger partial charge in [0.2, 0.25) is 5.91 Å². The summed E-state index contributed by atoms with van der Waals surface area (Å²) in [5, 5.41) is 0. The fourth-order valence-corrected chi connectivity index (χ4v) is 1.77. The topological polar surface area (TPSA) is 55.6 Å². The molecule has 0 aromatic carbocycles. The van der Waals surface area contributed by atoms with Gasteiger partial charge in [-0.25, -0.2) is 0 Å². The van der Waals surface area contributed by atoms with E-state index in [4.69, 9.17) is 10.5 Å². The third kappa shape index (κ3) is 3.27. The van der Waals surface area contributed by atoms with E-state index in [9.17, 15) is 4.79 Å². The maximum atomic E-state index is 11.5. The van der Waals surface area contributed by atoms with Crippen LogP contribution in [0.1, 0.15) is 19.3 Å². The number of rotatable bonds is 3. The molecule has 82 valence electrons. The molecule has 14 heavy (non-hydrogen) atoms. The number of amides is 1. The fourth-order valence-electron chi connectivity index (χ4n) is 1.77. The lowest BCUT2D eigenvalue weighted by Crippen LogP contribution is -2.41. The molecule has 1 saturated heterocycles. The first-order valence-electron chi connectivity index (χ1n) is 5.15. The molecule has 2 N–H and O–H groups in total. The minimum atomic E-state index is -0.340. The van der Waals surface area contributed by atoms with Gasteiger partial charge < -0.3 is 15.4 Å². The first-order valence-corrected chi connectivity index (χ1v) is 5.15. The van der Waals surface area contributed by atoms with Crippen LogP contribution < -0.4 is 5.73 Å². The SMILES string of the molecule is CN(C)C(=O)C(N)CC1CCOCC1. The predicted molar refractivity (Wildman–Crippen MR) is 54.8 cm³/mol. The summed E-state index contributed by atoms with van der Waals surface area (Å²) in [6.07, 6.45) is 2.86. The largest absolute Gasteiger partial charge is 0.381 e. The third-order valence-corrected chi connectivity index (χ3v) is 2.69. The number of carbonyl (C=O) groups excluding carboxylic acids is 1. The summed E-state index contributed by atoms with van der Waals surface area (Å²) >= 11 is 0. The third-order valence-electron chi connectivity index (χ3n) is 2.69. The zero-order valence-electron chi connectivity index (χ0n) is 9.03. The number of hydrogen-bond acceptors (Lipinski definition) is 3. The van der Waals surface area contributed by atoms with E-state index >= 15 is 0 Å². The minimum absolute atomic E-state index is 0.0245. The van der Waals surface area contributed by atoms with Crippen molar-refractivity contribution in [1.82, 2.24) is 4.90 Å². The molecule has 0 aliphatic carbocycles. The van der Waals surface area contributed by atoms with Crippen LogP contribution in [-0.2, 0) is 9.53 Å². The Morgan fingerprint density at radius 1 is 1.50 bits per heavy atom. The molecule has 1 aliphatic heterocycles. The number of carbonyl (C=O) groups is 1. The second-order valence-electron chi connectivity index (χ2n) is 4.13. The summed E-state index contributed by atoms with van der Waals surface area (Å²) in [6.45, 7) is 1.63. The van der Waals surface area contributed by atoms with Gasteiger partial charge in [0, 0.05) is 27.3 Å². The van der Waals surface area contributed by atoms with Crippen molar-refractivity contribution in [2.24, 2.45) is 11.7 Å². The van der Waals surface area contributed by atoms with Crippen molar-refractivity contribution in [1.29, 1.82) is 0 Å². The van der Waals surface area contributed by atoms with E-state index in [2.05, 4.69) is 0 Å². The van der Waals surface area contributed by atoms with Crippen LogP contribution in [0, 0.1) is 5.92 Å². The quantitative estimate of drug-likeness (QED) is 0.709. The smallest absolute Gasteiger partial charge is 0.238 e. The summed E-state index contributed by atoms with van der Waals surface area (Å²) < 4.78 is 5.25. The van der Waals surface area contributed by atoms with Crippen molar-refractivity contribution in [3.8, 4) is 0 Å². The molecule has 1 unspecified atom stereocenters. The number of hydrogen-bond donors (Lipinski definition) is 1. The van der Waals surface area contributed by atoms with Gasteiger partial charge in [-0.05, 0) is 25.2 Å². The maximum Gasteiger partial charge on any atom is 0.238 e. The van der Waals surface area contributed by atoms with Crippen LogP contribution in [0.25, 0.3) is 0 Å². The average molecular weight is 200 g/mol. The van der Waals surface area contributed by atoms with E-state index in [1.54, 1.807) is 19.0 Å². The second-order valence-corrected chi connectivity index (χ2v) is 4.13. The van der Waals surface area contributed by atoms with E-state index in [1.165, 1.54) is 0 Å². The standard InChI is InChI=1S/C10H20N2O2/c1-12(2)10(13)9(11)7-8-3-5-14-6-4-8/h8-9H,3-7,11H2,1-2H3. The minimum Gasteiger partial charge on any atom is -0.381 e. The highest BCUT2D eigenvalue weighted by atomic mass is 16.5. The molecule has 1 aliphatic rings. The van der Waals surface area contributed by atoms with Crippen LogP contribution in [0.15, 0.2) is 0 Å². The van der Waals surface area contributed by atoms with Gasteiger partial charge in [0.25, 0.3) is 0 Å². The van der Waals surface area contributed by atoms with E-state index in [-0.39, 0.29) is 11.9 Å². The van der Waals surface area contributed by atoms with Crippen molar-refractivity contribution in [2.45, 2.75) is 25.3 Å². The monoisotopic (exact) mass is 200 g/mol. The Labute approximate surface area is 85.4 Å². The first-order chi connectivity index (χ1) is 6.61. The van der Waals surface area contributed by atoms with Gasteiger partial charge in [0.15, 0.2) is 0 Å². The highest BCUT2D eigenvalue weighted by Crippen LogP contribution is 2.19. The highest BCUT2D eigenvalue weighted by molar-refractivity contribution is 5.81. The van der Waals surface area contributed by atoms with Crippen LogP contribution in [0.3, 0.4) is 0 Å². The van der Waals surface area contributed by atoms with Crippen molar-refractivity contribution in [3.05, 3.63) is 0 Å². The molecule has 4 nitrogen and oxygen atoms in total. The highest BCUT2D eigenvalue weighted by Gasteiger charge is 2.22. The number of ether oxygens (including phenoxy) is 1. The number of likely N-dealkylation sites (N-methyl/N-ethyl adjacent to an activating group) is 1. The van der Waals surface area contributed by atoms with Gasteiger partial charge >= 0.3 is 0 Å². The fraction of sp³-hybridized carbons (Fsp3) is 0.900. The molecule has 0 radical (unpaired) electrons. The summed E-state index contributed by atoms with van der Waals surface area (Å²) in [5.41, 5.74) is 5.82. The lowest BCUT2D eigenvalue weighted by Gasteiger charge is -2.25. The predicted octanol–water partition coefficient (Wildman–Crippen LogP) is 0.219. The van der Waals surface area contributed by atoms with Crippen LogP contribution in [-0.4, -0.2) is 44.2 Å². The van der Waals surface area contributed by atoms with Crippen molar-refractivity contribution < 1.29 is 9.53 Å². The number of nitrogens with zero attached hydrogens (tertiary/aromatic N) is 1. The van der Waals surface area contributed by atoms with Crippen LogP contribution in [0.2, 0.25) is 0 Å². The van der Waals surface area contributed by atoms with Crippen molar-refractivity contribution in [2.75, 3.05) is 27.3 Å². The Morgan fingerprint density at radius 2 is 2.07 bits per heavy atom. The zero-order valence-corrected chi connectivity index (χ0v) is 9.03. The second kappa shape index (κ2) is 5.32. The molecule has 1 rings (SSSR count). The molecule has 1 heterocycles. The summed E-state index contributed by atoms with van der Waals surface area (Å²) in [4.78, 5) is 13.0. The molecule has 0 bridgehead atoms. The molecule has 0 aromatic heterocycles. The van der Waals surface area contributed by atoms with E-state index in [0.717, 1.165) is 32.5 Å². The maximum absolute atomic E-state index is 11.5. The lowest BCUT2D eigenvalue weighted by atomic mass is 9.92. The molecule has 1 fully saturated rings. The Bertz CT molecular complexity index is 189. The first kappa shape index (κ1) is 11.5. The van der Waals surface area contributed by atoms with Crippen molar-refractivity contribution >= 4 is 5.91 Å². The van der Waals surface area contributed by atoms with E-state index < -0.39 is 0 Å². The summed E-state index contributed by atoms with van der Waals surface area (Å²) in [5.74, 6) is 0.583. The van der Waals surface area contributed by atoms with Gasteiger partial charge in [-0.15, -0.1) is 0 Å². The lowest BCUT2D eigenvalue weighted by molar-refractivity contribution is -0.130. The molecule has 1 amide bonds. The van der Waals surface area contributed by atoms with Crippen LogP contribution in [0.4, 0.5) is 0 Å². The van der Waals surface area contributed by atoms with Crippen LogP contribution >= 0.6 is 0 Å². The molecule has 0 spiro atoms. The Morgan fingerprint density at radius 3 is 2.57 bits per heavy atom. The molecule has 4 heteroatoms. The number of nitrogens with two attached hydrogens (primary N) is 1. The van der Waals surface area contributed by atoms with Crippen LogP contribution in [0.5, 0.6) is 0 Å². The zero-order chi connectivity index (χ0) is 10.6. The Kier molecular flexibility index (Phi) is 4.35. The Hall–Kier alpha value is -0.610. The van der Waals surface area contributed by atoms with E-state index in [1.807, 2.05) is 0 Å². The summed E-state index contributed by atoms with van der Waals surface area (Å²) in [6, 6.07) is -0.340. The van der Waals surface area contributed by atoms with Gasteiger partial charge in [-0.3, -0.25) is 4.79 Å². The van der Waals surface area contributed by atoms with E-state index in [0.29, 0.717) is 5.92 Å². The molecule has 1 atom stereocenters. The molecular formula is C10H20N2O2. The van der Waals surface area contributed by atoms with Gasteiger partial charge in [0.1, 0.15) is 0 Å². The Balaban J connectivity index is 2.31. The van der Waals surface area contributed by atoms with Crippen molar-refractivity contribution in [3.63, 3.8) is 0 Å². The summed E-state index contributed by atoms with van der Waals surface area (Å²) in [7, 11) is 3.48. The normalized spacial score (nSPS) is 20.5.